The van der Waals surface area contributed by atoms with Gasteiger partial charge >= 0.3 is 0 Å². The molecule has 0 aliphatic heterocycles. The molecule has 5 heteroatoms. The Morgan fingerprint density at radius 3 is 2.20 bits per heavy atom. The summed E-state index contributed by atoms with van der Waals surface area (Å²) < 4.78 is 16.1. The van der Waals surface area contributed by atoms with Crippen LogP contribution in [0.1, 0.15) is 42.5 Å². The Labute approximate surface area is 150 Å². The molecule has 0 unspecified atom stereocenters. The van der Waals surface area contributed by atoms with E-state index in [4.69, 9.17) is 14.2 Å². The van der Waals surface area contributed by atoms with Gasteiger partial charge in [-0.3, -0.25) is 4.79 Å². The molecule has 1 saturated carbocycles. The normalized spacial score (nSPS) is 14.7. The smallest absolute Gasteiger partial charge is 0.254 e. The molecule has 0 spiro atoms. The van der Waals surface area contributed by atoms with Crippen LogP contribution in [-0.4, -0.2) is 45.2 Å². The minimum Gasteiger partial charge on any atom is -0.493 e. The number of nitrogens with zero attached hydrogens (tertiary/aromatic N) is 1. The van der Waals surface area contributed by atoms with Crippen LogP contribution < -0.4 is 14.2 Å². The first-order chi connectivity index (χ1) is 12.1. The molecule has 0 N–H and O–H groups in total. The van der Waals surface area contributed by atoms with Crippen molar-refractivity contribution in [1.29, 1.82) is 0 Å². The third-order valence-electron chi connectivity index (χ3n) is 4.75. The quantitative estimate of drug-likeness (QED) is 0.669. The summed E-state index contributed by atoms with van der Waals surface area (Å²) in [6.45, 7) is 5.10. The van der Waals surface area contributed by atoms with Crippen molar-refractivity contribution in [1.82, 2.24) is 4.90 Å². The molecule has 1 aliphatic carbocycles. The topological polar surface area (TPSA) is 48.0 Å². The van der Waals surface area contributed by atoms with Gasteiger partial charge in [0.2, 0.25) is 5.75 Å². The molecule has 0 saturated heterocycles. The number of benzene rings is 1. The third kappa shape index (κ3) is 4.68. The fourth-order valence-electron chi connectivity index (χ4n) is 3.46. The van der Waals surface area contributed by atoms with Crippen molar-refractivity contribution in [3.8, 4) is 17.2 Å². The van der Waals surface area contributed by atoms with Crippen molar-refractivity contribution in [2.45, 2.75) is 32.1 Å². The summed E-state index contributed by atoms with van der Waals surface area (Å²) in [5, 5.41) is 0. The molecule has 25 heavy (non-hydrogen) atoms. The summed E-state index contributed by atoms with van der Waals surface area (Å²) in [7, 11) is 4.65. The van der Waals surface area contributed by atoms with Gasteiger partial charge in [-0.25, -0.2) is 0 Å². The van der Waals surface area contributed by atoms with Crippen molar-refractivity contribution < 1.29 is 19.0 Å². The largest absolute Gasteiger partial charge is 0.493 e. The van der Waals surface area contributed by atoms with E-state index in [-0.39, 0.29) is 5.91 Å². The lowest BCUT2D eigenvalue weighted by Crippen LogP contribution is -2.36. The second-order valence-corrected chi connectivity index (χ2v) is 6.42. The Morgan fingerprint density at radius 1 is 1.12 bits per heavy atom. The number of ether oxygens (including phenoxy) is 3. The first kappa shape index (κ1) is 19.2. The second kappa shape index (κ2) is 9.35. The SMILES string of the molecule is C=CCN(CC1CCCCC1)C(=O)c1cc(OC)c(OC)c(OC)c1. The highest BCUT2D eigenvalue weighted by molar-refractivity contribution is 5.95. The zero-order chi connectivity index (χ0) is 18.2. The van der Waals surface area contributed by atoms with Crippen LogP contribution in [0.25, 0.3) is 0 Å². The minimum absolute atomic E-state index is 0.0373. The van der Waals surface area contributed by atoms with E-state index in [2.05, 4.69) is 6.58 Å². The maximum absolute atomic E-state index is 13.1. The zero-order valence-electron chi connectivity index (χ0n) is 15.5. The summed E-state index contributed by atoms with van der Waals surface area (Å²) in [5.74, 6) is 2.00. The Morgan fingerprint density at radius 2 is 1.72 bits per heavy atom. The van der Waals surface area contributed by atoms with E-state index in [9.17, 15) is 4.79 Å². The number of amides is 1. The molecule has 0 atom stereocenters. The average molecular weight is 347 g/mol. The van der Waals surface area contributed by atoms with Gasteiger partial charge in [0.25, 0.3) is 5.91 Å². The Balaban J connectivity index is 2.26. The number of methoxy groups -OCH3 is 3. The fourth-order valence-corrected chi connectivity index (χ4v) is 3.46. The highest BCUT2D eigenvalue weighted by Gasteiger charge is 2.23. The van der Waals surface area contributed by atoms with Gasteiger partial charge in [0, 0.05) is 18.7 Å². The van der Waals surface area contributed by atoms with Gasteiger partial charge in [-0.1, -0.05) is 25.3 Å². The van der Waals surface area contributed by atoms with Gasteiger partial charge in [0.05, 0.1) is 21.3 Å². The molecule has 1 aromatic rings. The highest BCUT2D eigenvalue weighted by Crippen LogP contribution is 2.38. The van der Waals surface area contributed by atoms with Crippen LogP contribution >= 0.6 is 0 Å². The van der Waals surface area contributed by atoms with Gasteiger partial charge in [0.1, 0.15) is 0 Å². The lowest BCUT2D eigenvalue weighted by molar-refractivity contribution is 0.0734. The fraction of sp³-hybridized carbons (Fsp3) is 0.550. The van der Waals surface area contributed by atoms with Gasteiger partial charge in [-0.15, -0.1) is 6.58 Å². The van der Waals surface area contributed by atoms with Gasteiger partial charge in [0.15, 0.2) is 11.5 Å². The van der Waals surface area contributed by atoms with E-state index in [0.717, 1.165) is 6.54 Å². The summed E-state index contributed by atoms with van der Waals surface area (Å²) in [6.07, 6.45) is 7.97. The summed E-state index contributed by atoms with van der Waals surface area (Å²) in [6, 6.07) is 3.42. The highest BCUT2D eigenvalue weighted by atomic mass is 16.5. The summed E-state index contributed by atoms with van der Waals surface area (Å²) in [5.41, 5.74) is 0.534. The van der Waals surface area contributed by atoms with E-state index in [0.29, 0.717) is 35.3 Å². The van der Waals surface area contributed by atoms with E-state index in [1.807, 2.05) is 4.90 Å². The van der Waals surface area contributed by atoms with Crippen LogP contribution in [0.3, 0.4) is 0 Å². The van der Waals surface area contributed by atoms with Crippen LogP contribution in [0.2, 0.25) is 0 Å². The van der Waals surface area contributed by atoms with Crippen LogP contribution in [0.5, 0.6) is 17.2 Å². The standard InChI is InChI=1S/C20H29NO4/c1-5-11-21(14-15-9-7-6-8-10-15)20(22)16-12-17(23-2)19(25-4)18(13-16)24-3/h5,12-13,15H,1,6-11,14H2,2-4H3. The zero-order valence-corrected chi connectivity index (χ0v) is 15.5. The molecule has 1 aromatic carbocycles. The molecular formula is C20H29NO4. The Hall–Kier alpha value is -2.17. The molecular weight excluding hydrogens is 318 g/mol. The number of hydrogen-bond donors (Lipinski definition) is 0. The second-order valence-electron chi connectivity index (χ2n) is 6.42. The van der Waals surface area contributed by atoms with Crippen molar-refractivity contribution in [3.63, 3.8) is 0 Å². The van der Waals surface area contributed by atoms with Crippen LogP contribution in [0, 0.1) is 5.92 Å². The molecule has 138 valence electrons. The van der Waals surface area contributed by atoms with E-state index in [1.165, 1.54) is 32.1 Å². The van der Waals surface area contributed by atoms with Gasteiger partial charge in [-0.2, -0.15) is 0 Å². The third-order valence-corrected chi connectivity index (χ3v) is 4.75. The first-order valence-corrected chi connectivity index (χ1v) is 8.84. The number of rotatable bonds is 8. The summed E-state index contributed by atoms with van der Waals surface area (Å²) >= 11 is 0. The molecule has 1 aliphatic rings. The van der Waals surface area contributed by atoms with Crippen molar-refractivity contribution in [2.75, 3.05) is 34.4 Å². The van der Waals surface area contributed by atoms with E-state index in [1.54, 1.807) is 39.5 Å². The molecule has 0 bridgehead atoms. The molecule has 5 nitrogen and oxygen atoms in total. The Kier molecular flexibility index (Phi) is 7.16. The predicted molar refractivity (Wildman–Crippen MR) is 98.8 cm³/mol. The van der Waals surface area contributed by atoms with Crippen LogP contribution in [0.4, 0.5) is 0 Å². The van der Waals surface area contributed by atoms with E-state index >= 15 is 0 Å². The molecule has 0 heterocycles. The maximum atomic E-state index is 13.1. The van der Waals surface area contributed by atoms with Gasteiger partial charge < -0.3 is 19.1 Å². The lowest BCUT2D eigenvalue weighted by Gasteiger charge is -2.29. The van der Waals surface area contributed by atoms with Crippen molar-refractivity contribution >= 4 is 5.91 Å². The summed E-state index contributed by atoms with van der Waals surface area (Å²) in [4.78, 5) is 14.9. The lowest BCUT2D eigenvalue weighted by atomic mass is 9.89. The van der Waals surface area contributed by atoms with Crippen molar-refractivity contribution in [2.24, 2.45) is 5.92 Å². The van der Waals surface area contributed by atoms with E-state index < -0.39 is 0 Å². The van der Waals surface area contributed by atoms with Crippen LogP contribution in [-0.2, 0) is 0 Å². The van der Waals surface area contributed by atoms with Crippen molar-refractivity contribution in [3.05, 3.63) is 30.4 Å². The molecule has 0 radical (unpaired) electrons. The average Bonchev–Trinajstić information content (AvgIpc) is 2.66. The number of carbonyl (C=O) groups is 1. The maximum Gasteiger partial charge on any atom is 0.254 e. The molecule has 2 rings (SSSR count). The van der Waals surface area contributed by atoms with Crippen LogP contribution in [0.15, 0.2) is 24.8 Å². The molecule has 1 fully saturated rings. The minimum atomic E-state index is -0.0373. The van der Waals surface area contributed by atoms with Gasteiger partial charge in [-0.05, 0) is 30.9 Å². The number of hydrogen-bond acceptors (Lipinski definition) is 4. The monoisotopic (exact) mass is 347 g/mol. The first-order valence-electron chi connectivity index (χ1n) is 8.84. The number of carbonyl (C=O) groups excluding carboxylic acids is 1. The predicted octanol–water partition coefficient (Wildman–Crippen LogP) is 3.92. The Bertz CT molecular complexity index is 568. The molecule has 1 amide bonds. The molecule has 0 aromatic heterocycles.